The van der Waals surface area contributed by atoms with Crippen molar-refractivity contribution in [3.8, 4) is 11.5 Å². The van der Waals surface area contributed by atoms with Gasteiger partial charge in [-0.15, -0.1) is 0 Å². The second-order valence-corrected chi connectivity index (χ2v) is 5.61. The smallest absolute Gasteiger partial charge is 0.336 e. The van der Waals surface area contributed by atoms with Gasteiger partial charge in [0.05, 0.1) is 16.7 Å². The summed E-state index contributed by atoms with van der Waals surface area (Å²) in [6.45, 7) is 1.74. The van der Waals surface area contributed by atoms with Gasteiger partial charge in [0, 0.05) is 11.1 Å². The van der Waals surface area contributed by atoms with Crippen molar-refractivity contribution >= 4 is 17.5 Å². The zero-order valence-corrected chi connectivity index (χ0v) is 13.2. The van der Waals surface area contributed by atoms with Crippen LogP contribution in [0.2, 0.25) is 0 Å². The summed E-state index contributed by atoms with van der Waals surface area (Å²) in [5, 5.41) is 29.6. The lowest BCUT2D eigenvalue weighted by Gasteiger charge is -2.22. The van der Waals surface area contributed by atoms with Crippen molar-refractivity contribution in [1.29, 1.82) is 0 Å². The molecule has 0 bridgehead atoms. The van der Waals surface area contributed by atoms with Crippen LogP contribution in [0.3, 0.4) is 0 Å². The van der Waals surface area contributed by atoms with Crippen molar-refractivity contribution in [2.24, 2.45) is 0 Å². The Morgan fingerprint density at radius 1 is 1.04 bits per heavy atom. The first-order valence-corrected chi connectivity index (χ1v) is 7.53. The molecule has 25 heavy (non-hydrogen) atoms. The number of hydrogen-bond acceptors (Lipinski definition) is 5. The molecule has 0 atom stereocenters. The molecule has 0 fully saturated rings. The van der Waals surface area contributed by atoms with Crippen molar-refractivity contribution in [3.63, 3.8) is 0 Å². The summed E-state index contributed by atoms with van der Waals surface area (Å²) in [5.41, 5.74) is -0.677. The van der Waals surface area contributed by atoms with Gasteiger partial charge in [-0.25, -0.2) is 4.79 Å². The quantitative estimate of drug-likeness (QED) is 0.633. The molecule has 0 unspecified atom stereocenters. The molecule has 0 aromatic heterocycles. The van der Waals surface area contributed by atoms with Crippen LogP contribution in [0, 0.1) is 0 Å². The van der Waals surface area contributed by atoms with E-state index < -0.39 is 23.3 Å². The van der Waals surface area contributed by atoms with Crippen molar-refractivity contribution in [2.45, 2.75) is 13.3 Å². The van der Waals surface area contributed by atoms with Crippen LogP contribution < -0.4 is 0 Å². The minimum absolute atomic E-state index is 0.0128. The Balaban J connectivity index is 2.41. The van der Waals surface area contributed by atoms with Crippen molar-refractivity contribution in [2.75, 3.05) is 0 Å². The molecule has 0 spiro atoms. The van der Waals surface area contributed by atoms with Crippen LogP contribution in [-0.4, -0.2) is 32.9 Å². The van der Waals surface area contributed by atoms with E-state index in [0.29, 0.717) is 0 Å². The molecule has 0 saturated heterocycles. The van der Waals surface area contributed by atoms with E-state index >= 15 is 0 Å². The Kier molecular flexibility index (Phi) is 3.88. The lowest BCUT2D eigenvalue weighted by molar-refractivity contribution is 0.0694. The molecule has 0 amide bonds. The average molecular weight is 338 g/mol. The predicted molar refractivity (Wildman–Crippen MR) is 88.6 cm³/mol. The summed E-state index contributed by atoms with van der Waals surface area (Å²) < 4.78 is 0. The first kappa shape index (κ1) is 16.4. The van der Waals surface area contributed by atoms with E-state index in [1.807, 2.05) is 0 Å². The summed E-state index contributed by atoms with van der Waals surface area (Å²) in [6.07, 6.45) is 3.47. The van der Waals surface area contributed by atoms with Gasteiger partial charge in [0.15, 0.2) is 5.78 Å². The number of benzene rings is 2. The fourth-order valence-corrected chi connectivity index (χ4v) is 3.06. The number of fused-ring (bicyclic) bond motifs is 2. The summed E-state index contributed by atoms with van der Waals surface area (Å²) in [4.78, 5) is 37.2. The number of aromatic hydroxyl groups is 2. The Morgan fingerprint density at radius 3 is 2.40 bits per heavy atom. The second kappa shape index (κ2) is 5.90. The highest BCUT2D eigenvalue weighted by Crippen LogP contribution is 2.39. The number of carboxylic acid groups (broad SMARTS) is 1. The molecule has 2 aromatic carbocycles. The molecule has 0 radical (unpaired) electrons. The molecule has 3 N–H and O–H groups in total. The molecule has 6 nitrogen and oxygen atoms in total. The first-order valence-electron chi connectivity index (χ1n) is 7.53. The lowest BCUT2D eigenvalue weighted by atomic mass is 9.79. The number of phenolic OH excluding ortho intramolecular Hbond substituents is 2. The molecule has 2 aromatic rings. The van der Waals surface area contributed by atoms with E-state index in [-0.39, 0.29) is 45.6 Å². The standard InChI is InChI=1S/C19H14O6/c1-2-3-5-9-11(19(24)25)8-13(21)16-15(9)17(22)10-6-4-7-12(20)14(10)18(16)23/h2-4,6-8,20-21H,5H2,1H3,(H,24,25)/b3-2+. The van der Waals surface area contributed by atoms with E-state index in [0.717, 1.165) is 6.07 Å². The minimum Gasteiger partial charge on any atom is -0.507 e. The SMILES string of the molecule is C/C=C/Cc1c(C(=O)O)cc(O)c2c1C(=O)c1cccc(O)c1C2=O. The highest BCUT2D eigenvalue weighted by molar-refractivity contribution is 6.31. The van der Waals surface area contributed by atoms with Gasteiger partial charge in [-0.2, -0.15) is 0 Å². The monoisotopic (exact) mass is 338 g/mol. The molecular formula is C19H14O6. The number of carbonyl (C=O) groups is 3. The Bertz CT molecular complexity index is 968. The fraction of sp³-hybridized carbons (Fsp3) is 0.105. The lowest BCUT2D eigenvalue weighted by Crippen LogP contribution is -2.24. The molecule has 0 aliphatic heterocycles. The van der Waals surface area contributed by atoms with Gasteiger partial charge >= 0.3 is 5.97 Å². The van der Waals surface area contributed by atoms with E-state index in [1.54, 1.807) is 19.1 Å². The van der Waals surface area contributed by atoms with Gasteiger partial charge in [-0.3, -0.25) is 9.59 Å². The van der Waals surface area contributed by atoms with Gasteiger partial charge in [-0.05, 0) is 31.0 Å². The number of carboxylic acids is 1. The van der Waals surface area contributed by atoms with Gasteiger partial charge < -0.3 is 15.3 Å². The molecule has 126 valence electrons. The maximum absolute atomic E-state index is 12.9. The number of carbonyl (C=O) groups excluding carboxylic acids is 2. The van der Waals surface area contributed by atoms with Crippen LogP contribution in [0.5, 0.6) is 11.5 Å². The zero-order chi connectivity index (χ0) is 18.3. The minimum atomic E-state index is -1.31. The fourth-order valence-electron chi connectivity index (χ4n) is 3.06. The van der Waals surface area contributed by atoms with Crippen LogP contribution in [0.1, 0.15) is 54.7 Å². The largest absolute Gasteiger partial charge is 0.507 e. The molecule has 1 aliphatic rings. The third-order valence-corrected chi connectivity index (χ3v) is 4.17. The summed E-state index contributed by atoms with van der Waals surface area (Å²) >= 11 is 0. The van der Waals surface area contributed by atoms with E-state index in [9.17, 15) is 29.7 Å². The van der Waals surface area contributed by atoms with E-state index in [4.69, 9.17) is 0 Å². The number of phenols is 2. The Labute approximate surface area is 142 Å². The van der Waals surface area contributed by atoms with Gasteiger partial charge in [0.25, 0.3) is 0 Å². The number of aromatic carboxylic acids is 1. The molecular weight excluding hydrogens is 324 g/mol. The third-order valence-electron chi connectivity index (χ3n) is 4.17. The first-order chi connectivity index (χ1) is 11.9. The van der Waals surface area contributed by atoms with Crippen LogP contribution in [0.15, 0.2) is 36.4 Å². The van der Waals surface area contributed by atoms with Gasteiger partial charge in [-0.1, -0.05) is 24.3 Å². The summed E-state index contributed by atoms with van der Waals surface area (Å²) in [7, 11) is 0. The third kappa shape index (κ3) is 2.39. The topological polar surface area (TPSA) is 112 Å². The molecule has 6 heteroatoms. The average Bonchev–Trinajstić information content (AvgIpc) is 2.57. The van der Waals surface area contributed by atoms with E-state index in [2.05, 4.69) is 0 Å². The Hall–Kier alpha value is -3.41. The van der Waals surface area contributed by atoms with Crippen LogP contribution in [0.25, 0.3) is 0 Å². The highest BCUT2D eigenvalue weighted by atomic mass is 16.4. The molecule has 1 aliphatic carbocycles. The van der Waals surface area contributed by atoms with Gasteiger partial charge in [0.1, 0.15) is 11.5 Å². The van der Waals surface area contributed by atoms with E-state index in [1.165, 1.54) is 18.2 Å². The maximum Gasteiger partial charge on any atom is 0.336 e. The van der Waals surface area contributed by atoms with Crippen LogP contribution in [-0.2, 0) is 6.42 Å². The van der Waals surface area contributed by atoms with Crippen LogP contribution in [0.4, 0.5) is 0 Å². The maximum atomic E-state index is 12.9. The summed E-state index contributed by atoms with van der Waals surface area (Å²) in [5.74, 6) is -3.57. The van der Waals surface area contributed by atoms with Gasteiger partial charge in [0.2, 0.25) is 5.78 Å². The molecule has 0 heterocycles. The molecule has 3 rings (SSSR count). The zero-order valence-electron chi connectivity index (χ0n) is 13.2. The number of hydrogen-bond donors (Lipinski definition) is 3. The number of allylic oxidation sites excluding steroid dienone is 2. The Morgan fingerprint density at radius 2 is 1.76 bits per heavy atom. The normalized spacial score (nSPS) is 13.0. The van der Waals surface area contributed by atoms with Crippen molar-refractivity contribution in [3.05, 3.63) is 69.8 Å². The van der Waals surface area contributed by atoms with Crippen molar-refractivity contribution in [1.82, 2.24) is 0 Å². The molecule has 0 saturated carbocycles. The van der Waals surface area contributed by atoms with Crippen molar-refractivity contribution < 1.29 is 29.7 Å². The predicted octanol–water partition coefficient (Wildman–Crippen LogP) is 2.69. The number of ketones is 2. The second-order valence-electron chi connectivity index (χ2n) is 5.61. The number of rotatable bonds is 3. The summed E-state index contributed by atoms with van der Waals surface area (Å²) in [6, 6.07) is 5.06. The highest BCUT2D eigenvalue weighted by Gasteiger charge is 2.37. The van der Waals surface area contributed by atoms with Crippen LogP contribution >= 0.6 is 0 Å².